The van der Waals surface area contributed by atoms with Gasteiger partial charge in [-0.15, -0.1) is 5.10 Å². The fourth-order valence-corrected chi connectivity index (χ4v) is 3.82. The van der Waals surface area contributed by atoms with E-state index in [1.807, 2.05) is 48.5 Å². The van der Waals surface area contributed by atoms with E-state index in [9.17, 15) is 9.59 Å². The molecule has 170 valence electrons. The number of hydrogen-bond acceptors (Lipinski definition) is 6. The Labute approximate surface area is 219 Å². The predicted molar refractivity (Wildman–Crippen MR) is 132 cm³/mol. The van der Waals surface area contributed by atoms with Crippen LogP contribution in [0.15, 0.2) is 65.5 Å². The van der Waals surface area contributed by atoms with Crippen molar-refractivity contribution in [3.63, 3.8) is 0 Å². The molecule has 8 nitrogen and oxygen atoms in total. The Bertz CT molecular complexity index is 1300. The number of ether oxygens (including phenoxy) is 1. The van der Waals surface area contributed by atoms with Gasteiger partial charge in [0.2, 0.25) is 0 Å². The van der Waals surface area contributed by atoms with E-state index in [-0.39, 0.29) is 35.1 Å². The van der Waals surface area contributed by atoms with Crippen LogP contribution in [0, 0.1) is 0 Å². The summed E-state index contributed by atoms with van der Waals surface area (Å²) < 4.78 is 6.53. The van der Waals surface area contributed by atoms with Crippen molar-refractivity contribution in [1.82, 2.24) is 25.2 Å². The van der Waals surface area contributed by atoms with E-state index in [2.05, 4.69) is 27.5 Å². The van der Waals surface area contributed by atoms with Crippen molar-refractivity contribution in [2.24, 2.45) is 0 Å². The average molecular weight is 468 g/mol. The van der Waals surface area contributed by atoms with Crippen molar-refractivity contribution in [2.75, 3.05) is 7.11 Å². The third-order valence-corrected chi connectivity index (χ3v) is 5.55. The van der Waals surface area contributed by atoms with Crippen molar-refractivity contribution in [1.29, 1.82) is 0 Å². The molecule has 1 N–H and O–H groups in total. The molecule has 2 aromatic carbocycles. The molecule has 0 radical (unpaired) electrons. The third kappa shape index (κ3) is 5.70. The van der Waals surface area contributed by atoms with Gasteiger partial charge in [-0.3, -0.25) is 4.79 Å². The SMILES string of the molecule is CCCCc1cc(C(=O)OC)cc(=O)n1Cc1ccc(-c2ccccc2-c2nnn[nH]2)cc1.[NaH]. The van der Waals surface area contributed by atoms with Crippen LogP contribution in [0.5, 0.6) is 0 Å². The summed E-state index contributed by atoms with van der Waals surface area (Å²) in [6.07, 6.45) is 2.63. The molecule has 0 atom stereocenters. The molecule has 4 aromatic rings. The third-order valence-electron chi connectivity index (χ3n) is 5.55. The second kappa shape index (κ2) is 11.9. The van der Waals surface area contributed by atoms with Crippen LogP contribution in [0.2, 0.25) is 0 Å². The normalized spacial score (nSPS) is 10.5. The van der Waals surface area contributed by atoms with Crippen LogP contribution < -0.4 is 5.56 Å². The van der Waals surface area contributed by atoms with Crippen molar-refractivity contribution >= 4 is 35.5 Å². The molecule has 0 saturated heterocycles. The Morgan fingerprint density at radius 1 is 1.06 bits per heavy atom. The molecule has 0 aliphatic rings. The van der Waals surface area contributed by atoms with E-state index in [0.717, 1.165) is 40.8 Å². The summed E-state index contributed by atoms with van der Waals surface area (Å²) in [4.78, 5) is 24.8. The van der Waals surface area contributed by atoms with Crippen molar-refractivity contribution in [2.45, 2.75) is 32.7 Å². The summed E-state index contributed by atoms with van der Waals surface area (Å²) in [6.45, 7) is 2.52. The first-order chi connectivity index (χ1) is 16.1. The number of rotatable bonds is 8. The fraction of sp³-hybridized carbons (Fsp3) is 0.240. The first-order valence-electron chi connectivity index (χ1n) is 10.8. The van der Waals surface area contributed by atoms with Gasteiger partial charge in [0.05, 0.1) is 19.2 Å². The zero-order valence-corrected chi connectivity index (χ0v) is 18.6. The Hall–Kier alpha value is -3.07. The molecule has 0 unspecified atom stereocenters. The van der Waals surface area contributed by atoms with E-state index in [4.69, 9.17) is 4.74 Å². The van der Waals surface area contributed by atoms with E-state index in [1.165, 1.54) is 13.2 Å². The molecule has 4 rings (SSSR count). The van der Waals surface area contributed by atoms with Gasteiger partial charge >= 0.3 is 35.5 Å². The quantitative estimate of drug-likeness (QED) is 0.315. The van der Waals surface area contributed by atoms with Crippen LogP contribution in [0.25, 0.3) is 22.5 Å². The number of esters is 1. The summed E-state index contributed by atoms with van der Waals surface area (Å²) in [5, 5.41) is 14.2. The van der Waals surface area contributed by atoms with Crippen LogP contribution in [-0.2, 0) is 17.7 Å². The summed E-state index contributed by atoms with van der Waals surface area (Å²) in [7, 11) is 1.32. The zero-order chi connectivity index (χ0) is 23.2. The maximum absolute atomic E-state index is 12.8. The topological polar surface area (TPSA) is 103 Å². The molecule has 0 fully saturated rings. The van der Waals surface area contributed by atoms with Gasteiger partial charge in [-0.25, -0.2) is 9.89 Å². The van der Waals surface area contributed by atoms with E-state index >= 15 is 0 Å². The van der Waals surface area contributed by atoms with E-state index < -0.39 is 5.97 Å². The zero-order valence-electron chi connectivity index (χ0n) is 18.6. The Kier molecular flexibility index (Phi) is 8.92. The van der Waals surface area contributed by atoms with Crippen LogP contribution in [0.1, 0.15) is 41.4 Å². The molecule has 0 aliphatic heterocycles. The summed E-state index contributed by atoms with van der Waals surface area (Å²) >= 11 is 0. The number of tetrazole rings is 1. The second-order valence-electron chi connectivity index (χ2n) is 7.75. The Morgan fingerprint density at radius 2 is 1.79 bits per heavy atom. The molecule has 34 heavy (non-hydrogen) atoms. The number of unbranched alkanes of at least 4 members (excludes halogenated alkanes) is 1. The number of carbonyl (C=O) groups excluding carboxylic acids is 1. The van der Waals surface area contributed by atoms with Crippen LogP contribution in [0.3, 0.4) is 0 Å². The molecule has 0 bridgehead atoms. The fourth-order valence-electron chi connectivity index (χ4n) is 3.82. The number of benzene rings is 2. The number of carbonyl (C=O) groups is 1. The van der Waals surface area contributed by atoms with Gasteiger partial charge in [-0.05, 0) is 46.0 Å². The monoisotopic (exact) mass is 467 g/mol. The van der Waals surface area contributed by atoms with E-state index in [0.29, 0.717) is 24.4 Å². The number of nitrogens with one attached hydrogen (secondary N) is 1. The summed E-state index contributed by atoms with van der Waals surface area (Å²) in [5.74, 6) is 0.106. The van der Waals surface area contributed by atoms with E-state index in [1.54, 1.807) is 10.6 Å². The first-order valence-corrected chi connectivity index (χ1v) is 10.8. The molecular formula is C25H26N5NaO3. The predicted octanol–water partition coefficient (Wildman–Crippen LogP) is 3.22. The van der Waals surface area contributed by atoms with Crippen LogP contribution >= 0.6 is 0 Å². The number of aromatic nitrogens is 5. The van der Waals surface area contributed by atoms with Gasteiger partial charge in [0.25, 0.3) is 5.56 Å². The number of methoxy groups -OCH3 is 1. The molecule has 0 spiro atoms. The minimum absolute atomic E-state index is 0. The number of nitrogens with zero attached hydrogens (tertiary/aromatic N) is 4. The number of pyridine rings is 1. The van der Waals surface area contributed by atoms with Gasteiger partial charge in [-0.2, -0.15) is 0 Å². The molecule has 2 aromatic heterocycles. The number of aromatic amines is 1. The second-order valence-corrected chi connectivity index (χ2v) is 7.75. The van der Waals surface area contributed by atoms with Gasteiger partial charge in [-0.1, -0.05) is 61.9 Å². The molecule has 9 heteroatoms. The van der Waals surface area contributed by atoms with Crippen molar-refractivity contribution in [3.05, 3.63) is 87.8 Å². The Morgan fingerprint density at radius 3 is 2.44 bits per heavy atom. The number of H-pyrrole nitrogens is 1. The van der Waals surface area contributed by atoms with Gasteiger partial charge < -0.3 is 9.30 Å². The van der Waals surface area contributed by atoms with Gasteiger partial charge in [0, 0.05) is 17.3 Å². The maximum atomic E-state index is 12.8. The van der Waals surface area contributed by atoms with Gasteiger partial charge in [0.1, 0.15) is 0 Å². The molecule has 2 heterocycles. The average Bonchev–Trinajstić information content (AvgIpc) is 3.39. The summed E-state index contributed by atoms with van der Waals surface area (Å²) in [6, 6.07) is 19.1. The minimum atomic E-state index is -0.498. The number of aryl methyl sites for hydroxylation is 1. The molecule has 0 amide bonds. The first kappa shape index (κ1) is 25.6. The van der Waals surface area contributed by atoms with Crippen molar-refractivity contribution in [3.8, 4) is 22.5 Å². The molecular weight excluding hydrogens is 441 g/mol. The summed E-state index contributed by atoms with van der Waals surface area (Å²) in [5.41, 5.74) is 4.83. The molecule has 0 saturated carbocycles. The van der Waals surface area contributed by atoms with Crippen LogP contribution in [-0.4, -0.2) is 67.8 Å². The van der Waals surface area contributed by atoms with Crippen molar-refractivity contribution < 1.29 is 9.53 Å². The molecule has 0 aliphatic carbocycles. The number of hydrogen-bond donors (Lipinski definition) is 1. The van der Waals surface area contributed by atoms with Gasteiger partial charge in [0.15, 0.2) is 5.82 Å². The Balaban J connectivity index is 0.00000324. The van der Waals surface area contributed by atoms with Crippen LogP contribution in [0.4, 0.5) is 0 Å². The standard InChI is InChI=1S/C25H25N5O3.Na.H/c1-3-4-7-20-14-19(25(32)33-2)15-23(31)30(20)16-17-10-12-18(13-11-17)21-8-5-6-9-22(21)24-26-28-29-27-24;;/h5-6,8-15H,3-4,7,16H2,1-2H3,(H,26,27,28,29);;.